The molecule has 0 bridgehead atoms. The van der Waals surface area contributed by atoms with Gasteiger partial charge in [-0.25, -0.2) is 14.2 Å². The zero-order chi connectivity index (χ0) is 13.1. The summed E-state index contributed by atoms with van der Waals surface area (Å²) in [5, 5.41) is 12.0. The Labute approximate surface area is 106 Å². The van der Waals surface area contributed by atoms with Gasteiger partial charge in [0.25, 0.3) is 0 Å². The molecule has 0 aliphatic carbocycles. The van der Waals surface area contributed by atoms with Gasteiger partial charge in [0.05, 0.1) is 19.0 Å². The third kappa shape index (κ3) is 2.57. The number of carboxylic acid groups (broad SMARTS) is 1. The molecular formula is C11H9FN2O3S. The molecule has 0 fully saturated rings. The number of hydrogen-bond donors (Lipinski definition) is 2. The van der Waals surface area contributed by atoms with Gasteiger partial charge < -0.3 is 15.2 Å². The fourth-order valence-corrected chi connectivity index (χ4v) is 1.98. The van der Waals surface area contributed by atoms with Gasteiger partial charge in [-0.3, -0.25) is 0 Å². The minimum atomic E-state index is -1.04. The van der Waals surface area contributed by atoms with E-state index in [2.05, 4.69) is 10.3 Å². The van der Waals surface area contributed by atoms with Crippen molar-refractivity contribution in [2.24, 2.45) is 0 Å². The number of carbonyl (C=O) groups is 1. The van der Waals surface area contributed by atoms with Crippen LogP contribution in [0.15, 0.2) is 24.4 Å². The summed E-state index contributed by atoms with van der Waals surface area (Å²) in [5.41, 5.74) is 0.519. The van der Waals surface area contributed by atoms with Gasteiger partial charge in [-0.05, 0) is 12.1 Å². The van der Waals surface area contributed by atoms with Crippen molar-refractivity contribution in [3.05, 3.63) is 35.1 Å². The predicted molar refractivity (Wildman–Crippen MR) is 65.3 cm³/mol. The van der Waals surface area contributed by atoms with Gasteiger partial charge in [0.15, 0.2) is 5.13 Å². The Morgan fingerprint density at radius 1 is 1.56 bits per heavy atom. The highest BCUT2D eigenvalue weighted by atomic mass is 32.1. The molecule has 2 aromatic rings. The van der Waals surface area contributed by atoms with E-state index in [0.29, 0.717) is 16.6 Å². The van der Waals surface area contributed by atoms with Crippen molar-refractivity contribution in [2.45, 2.75) is 0 Å². The zero-order valence-electron chi connectivity index (χ0n) is 9.31. The number of methoxy groups -OCH3 is 1. The van der Waals surface area contributed by atoms with E-state index in [4.69, 9.17) is 9.84 Å². The lowest BCUT2D eigenvalue weighted by atomic mass is 10.3. The highest BCUT2D eigenvalue weighted by Gasteiger charge is 2.10. The van der Waals surface area contributed by atoms with Gasteiger partial charge in [-0.2, -0.15) is 0 Å². The highest BCUT2D eigenvalue weighted by molar-refractivity contribution is 7.17. The Bertz CT molecular complexity index is 585. The molecule has 0 unspecified atom stereocenters. The number of benzene rings is 1. The first kappa shape index (κ1) is 12.3. The monoisotopic (exact) mass is 268 g/mol. The summed E-state index contributed by atoms with van der Waals surface area (Å²) in [6.07, 6.45) is 1.26. The first-order valence-corrected chi connectivity index (χ1v) is 5.71. The molecule has 1 aromatic carbocycles. The van der Waals surface area contributed by atoms with Crippen molar-refractivity contribution < 1.29 is 19.0 Å². The van der Waals surface area contributed by atoms with Crippen LogP contribution < -0.4 is 10.1 Å². The van der Waals surface area contributed by atoms with Gasteiger partial charge in [0.2, 0.25) is 0 Å². The lowest BCUT2D eigenvalue weighted by Gasteiger charge is -2.08. The summed E-state index contributed by atoms with van der Waals surface area (Å²) < 4.78 is 18.0. The molecule has 0 saturated heterocycles. The standard InChI is InChI=1S/C11H9FN2O3S/c1-17-8-4-6(12)2-3-7(8)14-11-13-5-9(18-11)10(15)16/h2-5H,1H3,(H,13,14)(H,15,16). The first-order chi connectivity index (χ1) is 8.60. The number of carboxylic acids is 1. The maximum Gasteiger partial charge on any atom is 0.347 e. The second kappa shape index (κ2) is 5.01. The number of nitrogens with zero attached hydrogens (tertiary/aromatic N) is 1. The molecular weight excluding hydrogens is 259 g/mol. The minimum absolute atomic E-state index is 0.124. The fourth-order valence-electron chi connectivity index (χ4n) is 1.31. The van der Waals surface area contributed by atoms with Crippen LogP contribution in [0.4, 0.5) is 15.2 Å². The first-order valence-electron chi connectivity index (χ1n) is 4.90. The molecule has 0 saturated carbocycles. The van der Waals surface area contributed by atoms with E-state index in [0.717, 1.165) is 11.3 Å². The van der Waals surface area contributed by atoms with Crippen molar-refractivity contribution in [2.75, 3.05) is 12.4 Å². The summed E-state index contributed by atoms with van der Waals surface area (Å²) in [4.78, 5) is 14.7. The van der Waals surface area contributed by atoms with Crippen molar-refractivity contribution >= 4 is 28.1 Å². The van der Waals surface area contributed by atoms with Crippen LogP contribution in [0.3, 0.4) is 0 Å². The Balaban J connectivity index is 2.25. The Hall–Kier alpha value is -2.15. The molecule has 7 heteroatoms. The van der Waals surface area contributed by atoms with Crippen LogP contribution in [0.2, 0.25) is 0 Å². The van der Waals surface area contributed by atoms with Gasteiger partial charge in [-0.1, -0.05) is 11.3 Å². The molecule has 0 radical (unpaired) electrons. The van der Waals surface area contributed by atoms with Gasteiger partial charge in [0, 0.05) is 6.07 Å². The average Bonchev–Trinajstić information content (AvgIpc) is 2.80. The largest absolute Gasteiger partial charge is 0.494 e. The SMILES string of the molecule is COc1cc(F)ccc1Nc1ncc(C(=O)O)s1. The second-order valence-electron chi connectivity index (χ2n) is 3.30. The minimum Gasteiger partial charge on any atom is -0.494 e. The molecule has 0 aliphatic rings. The second-order valence-corrected chi connectivity index (χ2v) is 4.34. The summed E-state index contributed by atoms with van der Waals surface area (Å²) >= 11 is 0.988. The van der Waals surface area contributed by atoms with Crippen LogP contribution in [0.1, 0.15) is 9.67 Å². The van der Waals surface area contributed by atoms with Crippen LogP contribution in [-0.2, 0) is 0 Å². The van der Waals surface area contributed by atoms with Crippen LogP contribution in [0.25, 0.3) is 0 Å². The van der Waals surface area contributed by atoms with E-state index in [-0.39, 0.29) is 4.88 Å². The summed E-state index contributed by atoms with van der Waals surface area (Å²) in [6.45, 7) is 0. The van der Waals surface area contributed by atoms with Crippen molar-refractivity contribution in [3.63, 3.8) is 0 Å². The van der Waals surface area contributed by atoms with Crippen LogP contribution >= 0.6 is 11.3 Å². The maximum absolute atomic E-state index is 13.0. The molecule has 0 aliphatic heterocycles. The van der Waals surface area contributed by atoms with Gasteiger partial charge in [-0.15, -0.1) is 0 Å². The normalized spacial score (nSPS) is 10.1. The third-order valence-corrected chi connectivity index (χ3v) is 3.02. The molecule has 5 nitrogen and oxygen atoms in total. The molecule has 2 rings (SSSR count). The topological polar surface area (TPSA) is 71.5 Å². The Morgan fingerprint density at radius 2 is 2.33 bits per heavy atom. The Kier molecular flexibility index (Phi) is 3.42. The molecule has 1 heterocycles. The average molecular weight is 268 g/mol. The quantitative estimate of drug-likeness (QED) is 0.892. The highest BCUT2D eigenvalue weighted by Crippen LogP contribution is 2.30. The molecule has 0 spiro atoms. The number of ether oxygens (including phenoxy) is 1. The molecule has 0 atom stereocenters. The van der Waals surface area contributed by atoms with E-state index >= 15 is 0 Å². The van der Waals surface area contributed by atoms with Crippen LogP contribution in [0.5, 0.6) is 5.75 Å². The predicted octanol–water partition coefficient (Wildman–Crippen LogP) is 2.73. The number of anilines is 2. The number of aromatic nitrogens is 1. The number of hydrogen-bond acceptors (Lipinski definition) is 5. The Morgan fingerprint density at radius 3 is 2.94 bits per heavy atom. The lowest BCUT2D eigenvalue weighted by molar-refractivity contribution is 0.0702. The molecule has 1 aromatic heterocycles. The fraction of sp³-hybridized carbons (Fsp3) is 0.0909. The molecule has 2 N–H and O–H groups in total. The third-order valence-electron chi connectivity index (χ3n) is 2.12. The van der Waals surface area contributed by atoms with Crippen molar-refractivity contribution in [1.82, 2.24) is 4.98 Å². The van der Waals surface area contributed by atoms with Crippen LogP contribution in [-0.4, -0.2) is 23.2 Å². The number of thiazole rings is 1. The van der Waals surface area contributed by atoms with E-state index in [1.165, 1.54) is 31.5 Å². The van der Waals surface area contributed by atoms with Gasteiger partial charge >= 0.3 is 5.97 Å². The van der Waals surface area contributed by atoms with E-state index in [1.807, 2.05) is 0 Å². The smallest absolute Gasteiger partial charge is 0.347 e. The zero-order valence-corrected chi connectivity index (χ0v) is 10.1. The number of aromatic carboxylic acids is 1. The van der Waals surface area contributed by atoms with E-state index in [9.17, 15) is 9.18 Å². The van der Waals surface area contributed by atoms with Crippen molar-refractivity contribution in [3.8, 4) is 5.75 Å². The summed E-state index contributed by atoms with van der Waals surface area (Å²) in [5.74, 6) is -1.13. The lowest BCUT2D eigenvalue weighted by Crippen LogP contribution is -1.94. The number of halogens is 1. The molecule has 18 heavy (non-hydrogen) atoms. The van der Waals surface area contributed by atoms with Gasteiger partial charge in [0.1, 0.15) is 16.4 Å². The van der Waals surface area contributed by atoms with Crippen molar-refractivity contribution in [1.29, 1.82) is 0 Å². The van der Waals surface area contributed by atoms with E-state index < -0.39 is 11.8 Å². The maximum atomic E-state index is 13.0. The number of nitrogens with one attached hydrogen (secondary N) is 1. The van der Waals surface area contributed by atoms with Crippen LogP contribution in [0, 0.1) is 5.82 Å². The summed E-state index contributed by atoms with van der Waals surface area (Å²) in [6, 6.07) is 4.00. The summed E-state index contributed by atoms with van der Waals surface area (Å²) in [7, 11) is 1.42. The van der Waals surface area contributed by atoms with E-state index in [1.54, 1.807) is 0 Å². The number of rotatable bonds is 4. The molecule has 0 amide bonds. The molecule has 94 valence electrons.